The van der Waals surface area contributed by atoms with Crippen molar-refractivity contribution in [3.8, 4) is 0 Å². The molecule has 0 fully saturated rings. The van der Waals surface area contributed by atoms with Crippen molar-refractivity contribution >= 4 is 11.8 Å². The molecular weight excluding hydrogens is 234 g/mol. The van der Waals surface area contributed by atoms with Crippen molar-refractivity contribution in [3.63, 3.8) is 0 Å². The molecule has 0 radical (unpaired) electrons. The van der Waals surface area contributed by atoms with Crippen LogP contribution in [0.25, 0.3) is 0 Å². The Morgan fingerprint density at radius 2 is 2.17 bits per heavy atom. The SMILES string of the molecule is Cc1nc(CC(C(=O)O)N(C)C)c(C(=N)N)n1C. The highest BCUT2D eigenvalue weighted by molar-refractivity contribution is 5.94. The Kier molecular flexibility index (Phi) is 4.07. The van der Waals surface area contributed by atoms with Crippen molar-refractivity contribution in [1.29, 1.82) is 5.41 Å². The quantitative estimate of drug-likeness (QED) is 0.487. The van der Waals surface area contributed by atoms with Gasteiger partial charge in [0.2, 0.25) is 0 Å². The van der Waals surface area contributed by atoms with Gasteiger partial charge in [-0.2, -0.15) is 0 Å². The molecule has 0 saturated carbocycles. The highest BCUT2D eigenvalue weighted by Crippen LogP contribution is 2.13. The topological polar surface area (TPSA) is 108 Å². The van der Waals surface area contributed by atoms with Crippen LogP contribution in [0, 0.1) is 12.3 Å². The highest BCUT2D eigenvalue weighted by atomic mass is 16.4. The second kappa shape index (κ2) is 5.18. The van der Waals surface area contributed by atoms with E-state index < -0.39 is 12.0 Å². The molecule has 1 atom stereocenters. The van der Waals surface area contributed by atoms with Crippen molar-refractivity contribution in [1.82, 2.24) is 14.5 Å². The zero-order valence-corrected chi connectivity index (χ0v) is 11.1. The van der Waals surface area contributed by atoms with Crippen molar-refractivity contribution in [3.05, 3.63) is 17.2 Å². The number of imidazole rings is 1. The van der Waals surface area contributed by atoms with Crippen LogP contribution in [0.2, 0.25) is 0 Å². The fourth-order valence-corrected chi connectivity index (χ4v) is 1.83. The predicted octanol–water partition coefficient (Wildman–Crippen LogP) is -0.430. The number of hydrogen-bond acceptors (Lipinski definition) is 4. The summed E-state index contributed by atoms with van der Waals surface area (Å²) < 4.78 is 1.70. The summed E-state index contributed by atoms with van der Waals surface area (Å²) >= 11 is 0. The molecule has 0 aliphatic rings. The van der Waals surface area contributed by atoms with Crippen LogP contribution in [0.5, 0.6) is 0 Å². The average molecular weight is 253 g/mol. The lowest BCUT2D eigenvalue weighted by Crippen LogP contribution is -2.38. The lowest BCUT2D eigenvalue weighted by atomic mass is 10.1. The first-order valence-electron chi connectivity index (χ1n) is 5.51. The number of carboxylic acids is 1. The van der Waals surface area contributed by atoms with Gasteiger partial charge in [0.25, 0.3) is 0 Å². The molecule has 7 nitrogen and oxygen atoms in total. The molecule has 0 aliphatic heterocycles. The Labute approximate surface area is 106 Å². The van der Waals surface area contributed by atoms with Crippen LogP contribution in [0.1, 0.15) is 17.2 Å². The minimum Gasteiger partial charge on any atom is -0.480 e. The zero-order chi connectivity index (χ0) is 14.0. The first-order chi connectivity index (χ1) is 8.25. The van der Waals surface area contributed by atoms with Crippen LogP contribution in [0.4, 0.5) is 0 Å². The minimum absolute atomic E-state index is 0.101. The van der Waals surface area contributed by atoms with Crippen molar-refractivity contribution in [2.75, 3.05) is 14.1 Å². The largest absolute Gasteiger partial charge is 0.480 e. The summed E-state index contributed by atoms with van der Waals surface area (Å²) in [7, 11) is 5.15. The second-order valence-corrected chi connectivity index (χ2v) is 4.45. The van der Waals surface area contributed by atoms with Gasteiger partial charge in [-0.3, -0.25) is 15.1 Å². The summed E-state index contributed by atoms with van der Waals surface area (Å²) in [5, 5.41) is 16.7. The number of nitrogens with zero attached hydrogens (tertiary/aromatic N) is 3. The van der Waals surface area contributed by atoms with Gasteiger partial charge in [0.15, 0.2) is 0 Å². The second-order valence-electron chi connectivity index (χ2n) is 4.45. The van der Waals surface area contributed by atoms with Crippen molar-refractivity contribution < 1.29 is 9.90 Å². The van der Waals surface area contributed by atoms with E-state index in [-0.39, 0.29) is 12.3 Å². The standard InChI is InChI=1S/C11H19N5O2/c1-6-14-7(9(10(12)13)16(6)4)5-8(11(17)18)15(2)3/h8H,5H2,1-4H3,(H3,12,13)(H,17,18). The molecule has 18 heavy (non-hydrogen) atoms. The molecule has 1 unspecified atom stereocenters. The van der Waals surface area contributed by atoms with Gasteiger partial charge in [0.05, 0.1) is 5.69 Å². The van der Waals surface area contributed by atoms with E-state index >= 15 is 0 Å². The Morgan fingerprint density at radius 3 is 2.56 bits per heavy atom. The number of amidine groups is 1. The third-order valence-corrected chi connectivity index (χ3v) is 2.94. The average Bonchev–Trinajstić information content (AvgIpc) is 2.50. The molecule has 1 aromatic heterocycles. The Morgan fingerprint density at radius 1 is 1.61 bits per heavy atom. The van der Waals surface area contributed by atoms with Gasteiger partial charge in [0, 0.05) is 13.5 Å². The number of nitrogen functional groups attached to an aromatic ring is 1. The van der Waals surface area contributed by atoms with Crippen LogP contribution in [0.3, 0.4) is 0 Å². The maximum atomic E-state index is 11.2. The zero-order valence-electron chi connectivity index (χ0n) is 11.1. The van der Waals surface area contributed by atoms with E-state index in [0.29, 0.717) is 17.2 Å². The van der Waals surface area contributed by atoms with E-state index in [1.807, 2.05) is 0 Å². The molecule has 0 bridgehead atoms. The highest BCUT2D eigenvalue weighted by Gasteiger charge is 2.25. The monoisotopic (exact) mass is 253 g/mol. The first-order valence-corrected chi connectivity index (χ1v) is 5.51. The third-order valence-electron chi connectivity index (χ3n) is 2.94. The minimum atomic E-state index is -0.919. The van der Waals surface area contributed by atoms with E-state index in [1.54, 1.807) is 37.5 Å². The third kappa shape index (κ3) is 2.67. The molecule has 1 heterocycles. The van der Waals surface area contributed by atoms with Crippen molar-refractivity contribution in [2.45, 2.75) is 19.4 Å². The van der Waals surface area contributed by atoms with Crippen LogP contribution in [0.15, 0.2) is 0 Å². The normalized spacial score (nSPS) is 12.7. The lowest BCUT2D eigenvalue weighted by molar-refractivity contribution is -0.142. The molecule has 1 aromatic rings. The van der Waals surface area contributed by atoms with Gasteiger partial charge in [0.1, 0.15) is 23.4 Å². The predicted molar refractivity (Wildman–Crippen MR) is 67.8 cm³/mol. The number of likely N-dealkylation sites (N-methyl/N-ethyl adjacent to an activating group) is 1. The summed E-state index contributed by atoms with van der Waals surface area (Å²) in [5.74, 6) is -0.313. The molecule has 0 aromatic carbocycles. The Hall–Kier alpha value is -1.89. The number of nitrogens with two attached hydrogens (primary N) is 1. The Bertz CT molecular complexity index is 478. The maximum Gasteiger partial charge on any atom is 0.321 e. The smallest absolute Gasteiger partial charge is 0.321 e. The van der Waals surface area contributed by atoms with Gasteiger partial charge < -0.3 is 15.4 Å². The van der Waals surface area contributed by atoms with Crippen LogP contribution in [-0.2, 0) is 18.3 Å². The molecule has 4 N–H and O–H groups in total. The van der Waals surface area contributed by atoms with E-state index in [4.69, 9.17) is 16.2 Å². The molecule has 1 rings (SSSR count). The van der Waals surface area contributed by atoms with Crippen LogP contribution >= 0.6 is 0 Å². The maximum absolute atomic E-state index is 11.2. The number of aliphatic carboxylic acids is 1. The van der Waals surface area contributed by atoms with E-state index in [0.717, 1.165) is 0 Å². The summed E-state index contributed by atoms with van der Waals surface area (Å²) in [4.78, 5) is 17.1. The van der Waals surface area contributed by atoms with Gasteiger partial charge in [-0.15, -0.1) is 0 Å². The fraction of sp³-hybridized carbons (Fsp3) is 0.545. The number of aryl methyl sites for hydroxylation is 1. The van der Waals surface area contributed by atoms with Crippen LogP contribution < -0.4 is 5.73 Å². The number of rotatable bonds is 5. The van der Waals surface area contributed by atoms with Gasteiger partial charge >= 0.3 is 5.97 Å². The summed E-state index contributed by atoms with van der Waals surface area (Å²) in [6.07, 6.45) is 0.221. The number of hydrogen-bond donors (Lipinski definition) is 3. The summed E-state index contributed by atoms with van der Waals surface area (Å²) in [5.41, 5.74) is 6.55. The Balaban J connectivity index is 3.14. The van der Waals surface area contributed by atoms with E-state index in [9.17, 15) is 4.79 Å². The van der Waals surface area contributed by atoms with Gasteiger partial charge in [-0.05, 0) is 21.0 Å². The number of nitrogens with one attached hydrogen (secondary N) is 1. The molecule has 100 valence electrons. The first kappa shape index (κ1) is 14.2. The molecule has 0 aliphatic carbocycles. The van der Waals surface area contributed by atoms with Crippen molar-refractivity contribution in [2.24, 2.45) is 12.8 Å². The molecule has 0 saturated heterocycles. The van der Waals surface area contributed by atoms with Gasteiger partial charge in [-0.1, -0.05) is 0 Å². The fourth-order valence-electron chi connectivity index (χ4n) is 1.83. The summed E-state index contributed by atoms with van der Waals surface area (Å²) in [6.45, 7) is 1.79. The number of carbonyl (C=O) groups is 1. The van der Waals surface area contributed by atoms with E-state index in [2.05, 4.69) is 4.98 Å². The lowest BCUT2D eigenvalue weighted by Gasteiger charge is -2.19. The van der Waals surface area contributed by atoms with E-state index in [1.165, 1.54) is 0 Å². The molecule has 0 spiro atoms. The van der Waals surface area contributed by atoms with Gasteiger partial charge in [-0.25, -0.2) is 4.98 Å². The number of carboxylic acid groups (broad SMARTS) is 1. The number of aromatic nitrogens is 2. The summed E-state index contributed by atoms with van der Waals surface area (Å²) in [6, 6.07) is -0.683. The molecular formula is C11H19N5O2. The van der Waals surface area contributed by atoms with Crippen LogP contribution in [-0.4, -0.2) is 51.5 Å². The molecule has 7 heteroatoms. The molecule has 0 amide bonds.